The van der Waals surface area contributed by atoms with Crippen molar-refractivity contribution in [3.63, 3.8) is 0 Å². The Bertz CT molecular complexity index is 373. The molecule has 0 spiro atoms. The van der Waals surface area contributed by atoms with E-state index in [2.05, 4.69) is 70.2 Å². The second-order valence-corrected chi connectivity index (χ2v) is 5.40. The third-order valence-electron chi connectivity index (χ3n) is 3.96. The van der Waals surface area contributed by atoms with Gasteiger partial charge in [0.25, 0.3) is 0 Å². The van der Waals surface area contributed by atoms with Gasteiger partial charge in [-0.3, -0.25) is 0 Å². The van der Waals surface area contributed by atoms with Crippen LogP contribution in [0.1, 0.15) is 43.0 Å². The van der Waals surface area contributed by atoms with E-state index in [1.807, 2.05) is 0 Å². The molecule has 0 saturated carbocycles. The molecule has 0 aromatic heterocycles. The minimum atomic E-state index is 0.407. The molecular weight excluding hydrogens is 220 g/mol. The standard InChI is InChI=1S/C16H28N2/c1-7-14(4)18(6)11-16(17-5)15-9-8-12(2)10-13(15)3/h8-10,14,16-17H,7,11H2,1-6H3. The molecule has 2 nitrogen and oxygen atoms in total. The number of nitrogens with zero attached hydrogens (tertiary/aromatic N) is 1. The molecule has 2 unspecified atom stereocenters. The van der Waals surface area contributed by atoms with Crippen molar-refractivity contribution in [1.29, 1.82) is 0 Å². The lowest BCUT2D eigenvalue weighted by Crippen LogP contribution is -2.36. The van der Waals surface area contributed by atoms with Crippen molar-refractivity contribution in [2.75, 3.05) is 20.6 Å². The fourth-order valence-corrected chi connectivity index (χ4v) is 2.34. The Kier molecular flexibility index (Phi) is 5.83. The van der Waals surface area contributed by atoms with E-state index in [1.54, 1.807) is 0 Å². The number of aryl methyl sites for hydroxylation is 2. The zero-order chi connectivity index (χ0) is 13.7. The number of benzene rings is 1. The quantitative estimate of drug-likeness (QED) is 0.831. The average Bonchev–Trinajstić information content (AvgIpc) is 2.35. The van der Waals surface area contributed by atoms with E-state index < -0.39 is 0 Å². The minimum Gasteiger partial charge on any atom is -0.312 e. The van der Waals surface area contributed by atoms with Crippen LogP contribution in [0, 0.1) is 13.8 Å². The summed E-state index contributed by atoms with van der Waals surface area (Å²) in [7, 11) is 4.26. The molecular formula is C16H28N2. The number of hydrogen-bond acceptors (Lipinski definition) is 2. The first-order chi connectivity index (χ1) is 8.49. The van der Waals surface area contributed by atoms with E-state index in [0.717, 1.165) is 6.54 Å². The van der Waals surface area contributed by atoms with E-state index in [4.69, 9.17) is 0 Å². The smallest absolute Gasteiger partial charge is 0.0449 e. The highest BCUT2D eigenvalue weighted by atomic mass is 15.1. The van der Waals surface area contributed by atoms with Crippen LogP contribution < -0.4 is 5.32 Å². The van der Waals surface area contributed by atoms with Crippen molar-refractivity contribution in [1.82, 2.24) is 10.2 Å². The summed E-state index contributed by atoms with van der Waals surface area (Å²) in [5.41, 5.74) is 4.13. The minimum absolute atomic E-state index is 0.407. The largest absolute Gasteiger partial charge is 0.312 e. The molecule has 1 N–H and O–H groups in total. The Balaban J connectivity index is 2.83. The Labute approximate surface area is 112 Å². The SMILES string of the molecule is CCC(C)N(C)CC(NC)c1ccc(C)cc1C. The molecule has 0 aliphatic rings. The van der Waals surface area contributed by atoms with E-state index in [-0.39, 0.29) is 0 Å². The summed E-state index contributed by atoms with van der Waals surface area (Å²) in [6.45, 7) is 9.93. The Hall–Kier alpha value is -0.860. The first kappa shape index (κ1) is 15.2. The molecule has 0 radical (unpaired) electrons. The monoisotopic (exact) mass is 248 g/mol. The van der Waals surface area contributed by atoms with Crippen molar-refractivity contribution in [3.05, 3.63) is 34.9 Å². The van der Waals surface area contributed by atoms with Crippen LogP contribution in [0.15, 0.2) is 18.2 Å². The van der Waals surface area contributed by atoms with Crippen LogP contribution in [0.2, 0.25) is 0 Å². The summed E-state index contributed by atoms with van der Waals surface area (Å²) in [4.78, 5) is 2.43. The number of nitrogens with one attached hydrogen (secondary N) is 1. The molecule has 0 aliphatic carbocycles. The van der Waals surface area contributed by atoms with E-state index >= 15 is 0 Å². The van der Waals surface area contributed by atoms with Gasteiger partial charge < -0.3 is 10.2 Å². The summed E-state index contributed by atoms with van der Waals surface area (Å²) >= 11 is 0. The lowest BCUT2D eigenvalue weighted by molar-refractivity contribution is 0.227. The van der Waals surface area contributed by atoms with Gasteiger partial charge in [-0.05, 0) is 52.4 Å². The molecule has 102 valence electrons. The second kappa shape index (κ2) is 6.91. The molecule has 0 fully saturated rings. The second-order valence-electron chi connectivity index (χ2n) is 5.40. The molecule has 0 amide bonds. The van der Waals surface area contributed by atoms with E-state index in [9.17, 15) is 0 Å². The van der Waals surface area contributed by atoms with Crippen LogP contribution in [0.3, 0.4) is 0 Å². The fourth-order valence-electron chi connectivity index (χ4n) is 2.34. The maximum atomic E-state index is 3.45. The summed E-state index contributed by atoms with van der Waals surface area (Å²) < 4.78 is 0. The number of likely N-dealkylation sites (N-methyl/N-ethyl adjacent to an activating group) is 2. The van der Waals surface area contributed by atoms with Gasteiger partial charge in [-0.15, -0.1) is 0 Å². The molecule has 1 aromatic carbocycles. The highest BCUT2D eigenvalue weighted by Gasteiger charge is 2.16. The van der Waals surface area contributed by atoms with E-state index in [0.29, 0.717) is 12.1 Å². The molecule has 2 heteroatoms. The third-order valence-corrected chi connectivity index (χ3v) is 3.96. The van der Waals surface area contributed by atoms with Crippen LogP contribution >= 0.6 is 0 Å². The van der Waals surface area contributed by atoms with Gasteiger partial charge in [-0.25, -0.2) is 0 Å². The molecule has 0 bridgehead atoms. The highest BCUT2D eigenvalue weighted by molar-refractivity contribution is 5.33. The molecule has 2 atom stereocenters. The van der Waals surface area contributed by atoms with Crippen LogP contribution in [-0.4, -0.2) is 31.6 Å². The lowest BCUT2D eigenvalue weighted by atomic mass is 9.98. The normalized spacial score (nSPS) is 14.8. The number of hydrogen-bond donors (Lipinski definition) is 1. The Morgan fingerprint density at radius 2 is 1.94 bits per heavy atom. The fraction of sp³-hybridized carbons (Fsp3) is 0.625. The first-order valence-corrected chi connectivity index (χ1v) is 6.94. The van der Waals surface area contributed by atoms with Gasteiger partial charge in [0.1, 0.15) is 0 Å². The zero-order valence-electron chi connectivity index (χ0n) is 12.7. The van der Waals surface area contributed by atoms with Crippen molar-refractivity contribution in [2.24, 2.45) is 0 Å². The van der Waals surface area contributed by atoms with E-state index in [1.165, 1.54) is 23.1 Å². The predicted molar refractivity (Wildman–Crippen MR) is 80.1 cm³/mol. The maximum Gasteiger partial charge on any atom is 0.0449 e. The Morgan fingerprint density at radius 3 is 2.44 bits per heavy atom. The topological polar surface area (TPSA) is 15.3 Å². The zero-order valence-corrected chi connectivity index (χ0v) is 12.7. The van der Waals surface area contributed by atoms with Gasteiger partial charge >= 0.3 is 0 Å². The summed E-state index contributed by atoms with van der Waals surface area (Å²) in [5, 5.41) is 3.45. The molecule has 0 heterocycles. The third kappa shape index (κ3) is 3.82. The van der Waals surface area contributed by atoms with Crippen LogP contribution in [0.4, 0.5) is 0 Å². The van der Waals surface area contributed by atoms with Crippen molar-refractivity contribution in [3.8, 4) is 0 Å². The van der Waals surface area contributed by atoms with Gasteiger partial charge in [0, 0.05) is 18.6 Å². The van der Waals surface area contributed by atoms with Gasteiger partial charge in [-0.1, -0.05) is 30.7 Å². The van der Waals surface area contributed by atoms with Crippen molar-refractivity contribution >= 4 is 0 Å². The van der Waals surface area contributed by atoms with Crippen LogP contribution in [-0.2, 0) is 0 Å². The lowest BCUT2D eigenvalue weighted by Gasteiger charge is -2.29. The van der Waals surface area contributed by atoms with Crippen molar-refractivity contribution < 1.29 is 0 Å². The molecule has 1 aromatic rings. The first-order valence-electron chi connectivity index (χ1n) is 6.94. The van der Waals surface area contributed by atoms with Crippen LogP contribution in [0.5, 0.6) is 0 Å². The van der Waals surface area contributed by atoms with Gasteiger partial charge in [0.2, 0.25) is 0 Å². The van der Waals surface area contributed by atoms with Gasteiger partial charge in [-0.2, -0.15) is 0 Å². The maximum absolute atomic E-state index is 3.45. The predicted octanol–water partition coefficient (Wildman–Crippen LogP) is 3.29. The average molecular weight is 248 g/mol. The molecule has 18 heavy (non-hydrogen) atoms. The van der Waals surface area contributed by atoms with Crippen LogP contribution in [0.25, 0.3) is 0 Å². The van der Waals surface area contributed by atoms with Gasteiger partial charge in [0.05, 0.1) is 0 Å². The summed E-state index contributed by atoms with van der Waals surface area (Å²) in [6.07, 6.45) is 1.19. The molecule has 1 rings (SSSR count). The highest BCUT2D eigenvalue weighted by Crippen LogP contribution is 2.20. The van der Waals surface area contributed by atoms with Gasteiger partial charge in [0.15, 0.2) is 0 Å². The summed E-state index contributed by atoms with van der Waals surface area (Å²) in [6, 6.07) is 7.77. The summed E-state index contributed by atoms with van der Waals surface area (Å²) in [5.74, 6) is 0. The number of rotatable bonds is 6. The Morgan fingerprint density at radius 1 is 1.28 bits per heavy atom. The molecule has 0 saturated heterocycles. The van der Waals surface area contributed by atoms with Crippen molar-refractivity contribution in [2.45, 2.75) is 46.2 Å². The molecule has 0 aliphatic heterocycles.